The highest BCUT2D eigenvalue weighted by Gasteiger charge is 2.38. The first-order valence-electron chi connectivity index (χ1n) is 11.9. The lowest BCUT2D eigenvalue weighted by atomic mass is 9.77. The molecule has 2 saturated carbocycles. The molecule has 4 heteroatoms. The molecule has 2 aliphatic carbocycles. The molecule has 1 aromatic rings. The molecule has 0 spiro atoms. The average Bonchev–Trinajstić information content (AvgIpc) is 2.72. The van der Waals surface area contributed by atoms with Crippen LogP contribution in [0.4, 0.5) is 17.6 Å². The second-order valence-electron chi connectivity index (χ2n) is 9.49. The van der Waals surface area contributed by atoms with Gasteiger partial charge in [0, 0.05) is 0 Å². The highest BCUT2D eigenvalue weighted by Crippen LogP contribution is 2.43. The van der Waals surface area contributed by atoms with Crippen LogP contribution in [0.2, 0.25) is 0 Å². The number of alkyl halides is 3. The van der Waals surface area contributed by atoms with Crippen LogP contribution in [0.5, 0.6) is 0 Å². The van der Waals surface area contributed by atoms with Crippen molar-refractivity contribution in [3.8, 4) is 0 Å². The maximum absolute atomic E-state index is 15.1. The summed E-state index contributed by atoms with van der Waals surface area (Å²) in [4.78, 5) is 0. The molecule has 3 rings (SSSR count). The van der Waals surface area contributed by atoms with E-state index in [1.165, 1.54) is 25.0 Å². The first kappa shape index (κ1) is 23.3. The lowest BCUT2D eigenvalue weighted by Crippen LogP contribution is -2.17. The van der Waals surface area contributed by atoms with Gasteiger partial charge in [-0.05, 0) is 86.2 Å². The Hall–Kier alpha value is -1.32. The van der Waals surface area contributed by atoms with E-state index in [1.807, 2.05) is 6.08 Å². The van der Waals surface area contributed by atoms with Crippen molar-refractivity contribution < 1.29 is 17.6 Å². The number of halogens is 4. The molecule has 0 heterocycles. The van der Waals surface area contributed by atoms with Gasteiger partial charge in [0.05, 0.1) is 5.56 Å². The van der Waals surface area contributed by atoms with Crippen molar-refractivity contribution in [1.29, 1.82) is 0 Å². The quantitative estimate of drug-likeness (QED) is 0.399. The van der Waals surface area contributed by atoms with Crippen LogP contribution < -0.4 is 0 Å². The van der Waals surface area contributed by atoms with Gasteiger partial charge in [-0.2, -0.15) is 13.2 Å². The number of rotatable bonds is 6. The number of hydrogen-bond acceptors (Lipinski definition) is 0. The van der Waals surface area contributed by atoms with Crippen molar-refractivity contribution >= 4 is 6.08 Å². The molecule has 0 N–H and O–H groups in total. The molecule has 2 fully saturated rings. The maximum Gasteiger partial charge on any atom is 0.419 e. The van der Waals surface area contributed by atoms with Gasteiger partial charge in [-0.15, -0.1) is 0 Å². The van der Waals surface area contributed by atoms with Gasteiger partial charge in [0.2, 0.25) is 0 Å². The summed E-state index contributed by atoms with van der Waals surface area (Å²) in [6.07, 6.45) is 10.1. The summed E-state index contributed by atoms with van der Waals surface area (Å²) in [5.74, 6) is 0.536. The van der Waals surface area contributed by atoms with Crippen molar-refractivity contribution in [3.05, 3.63) is 40.7 Å². The molecule has 0 radical (unpaired) electrons. The summed E-state index contributed by atoms with van der Waals surface area (Å²) < 4.78 is 56.5. The number of benzene rings is 1. The van der Waals surface area contributed by atoms with Crippen LogP contribution in [-0.4, -0.2) is 0 Å². The highest BCUT2D eigenvalue weighted by atomic mass is 19.4. The molecule has 0 nitrogen and oxygen atoms in total. The van der Waals surface area contributed by atoms with Gasteiger partial charge in [0.25, 0.3) is 0 Å². The van der Waals surface area contributed by atoms with Gasteiger partial charge in [0.15, 0.2) is 0 Å². The Labute approximate surface area is 179 Å². The summed E-state index contributed by atoms with van der Waals surface area (Å²) in [7, 11) is 0. The van der Waals surface area contributed by atoms with E-state index in [4.69, 9.17) is 0 Å². The Morgan fingerprint density at radius 1 is 0.900 bits per heavy atom. The van der Waals surface area contributed by atoms with Crippen LogP contribution in [0.3, 0.4) is 0 Å². The molecule has 0 saturated heterocycles. The molecule has 0 unspecified atom stereocenters. The van der Waals surface area contributed by atoms with E-state index in [2.05, 4.69) is 13.8 Å². The minimum atomic E-state index is -4.68. The van der Waals surface area contributed by atoms with Crippen molar-refractivity contribution in [3.63, 3.8) is 0 Å². The zero-order chi connectivity index (χ0) is 21.7. The molecule has 2 aliphatic rings. The zero-order valence-corrected chi connectivity index (χ0v) is 18.4. The summed E-state index contributed by atoms with van der Waals surface area (Å²) in [5.41, 5.74) is -0.843. The topological polar surface area (TPSA) is 0 Å². The first-order chi connectivity index (χ1) is 14.3. The Morgan fingerprint density at radius 3 is 2.10 bits per heavy atom. The van der Waals surface area contributed by atoms with Crippen LogP contribution in [0.15, 0.2) is 18.2 Å². The van der Waals surface area contributed by atoms with Gasteiger partial charge < -0.3 is 0 Å². The Morgan fingerprint density at radius 2 is 1.53 bits per heavy atom. The standard InChI is InChI=1S/C26H36F4/c1-3-5-19-6-8-20(9-7-19)12-15-22-16-17-23(25(27)24(22)26(28,29)30)21-13-10-18(4-2)11-14-21/h12,15-21H,3-11,13-14H2,1-2H3/b15-12+. The minimum Gasteiger partial charge on any atom is -0.206 e. The molecule has 0 aromatic heterocycles. The van der Waals surface area contributed by atoms with Gasteiger partial charge in [0.1, 0.15) is 5.82 Å². The van der Waals surface area contributed by atoms with E-state index in [9.17, 15) is 13.2 Å². The Balaban J connectivity index is 1.77. The molecular formula is C26H36F4. The zero-order valence-electron chi connectivity index (χ0n) is 18.4. The predicted molar refractivity (Wildman–Crippen MR) is 116 cm³/mol. The van der Waals surface area contributed by atoms with Crippen LogP contribution in [0.25, 0.3) is 6.08 Å². The fourth-order valence-electron chi connectivity index (χ4n) is 5.55. The molecule has 0 amide bonds. The van der Waals surface area contributed by atoms with Crippen LogP contribution in [0.1, 0.15) is 107 Å². The third kappa shape index (κ3) is 5.68. The van der Waals surface area contributed by atoms with E-state index in [0.717, 1.165) is 63.7 Å². The molecule has 0 atom stereocenters. The second-order valence-corrected chi connectivity index (χ2v) is 9.49. The highest BCUT2D eigenvalue weighted by molar-refractivity contribution is 5.57. The molecule has 168 valence electrons. The van der Waals surface area contributed by atoms with Gasteiger partial charge in [-0.3, -0.25) is 0 Å². The van der Waals surface area contributed by atoms with E-state index < -0.39 is 17.6 Å². The predicted octanol–water partition coefficient (Wildman–Crippen LogP) is 9.15. The van der Waals surface area contributed by atoms with Gasteiger partial charge >= 0.3 is 6.18 Å². The van der Waals surface area contributed by atoms with Crippen molar-refractivity contribution in [2.24, 2.45) is 17.8 Å². The van der Waals surface area contributed by atoms with Crippen LogP contribution >= 0.6 is 0 Å². The van der Waals surface area contributed by atoms with E-state index in [1.54, 1.807) is 6.07 Å². The third-order valence-corrected chi connectivity index (χ3v) is 7.49. The fourth-order valence-corrected chi connectivity index (χ4v) is 5.55. The average molecular weight is 425 g/mol. The third-order valence-electron chi connectivity index (χ3n) is 7.49. The Bertz CT molecular complexity index is 702. The van der Waals surface area contributed by atoms with Crippen LogP contribution in [-0.2, 0) is 6.18 Å². The summed E-state index contributed by atoms with van der Waals surface area (Å²) in [6, 6.07) is 3.10. The minimum absolute atomic E-state index is 0.0262. The smallest absolute Gasteiger partial charge is 0.206 e. The molecular weight excluding hydrogens is 388 g/mol. The van der Waals surface area contributed by atoms with Crippen molar-refractivity contribution in [2.45, 2.75) is 96.6 Å². The van der Waals surface area contributed by atoms with Crippen LogP contribution in [0, 0.1) is 23.6 Å². The molecule has 0 aliphatic heterocycles. The Kier molecular flexibility index (Phi) is 8.04. The van der Waals surface area contributed by atoms with E-state index in [-0.39, 0.29) is 17.0 Å². The van der Waals surface area contributed by atoms with Crippen molar-refractivity contribution in [1.82, 2.24) is 0 Å². The summed E-state index contributed by atoms with van der Waals surface area (Å²) >= 11 is 0. The lowest BCUT2D eigenvalue weighted by Gasteiger charge is -2.29. The monoisotopic (exact) mass is 424 g/mol. The molecule has 1 aromatic carbocycles. The molecule has 0 bridgehead atoms. The SMILES string of the molecule is CCCC1CCC(/C=C/c2ccc(C3CCC(CC)CC3)c(F)c2C(F)(F)F)CC1. The second kappa shape index (κ2) is 10.3. The number of hydrogen-bond donors (Lipinski definition) is 0. The normalized spacial score (nSPS) is 28.2. The van der Waals surface area contributed by atoms with E-state index in [0.29, 0.717) is 11.8 Å². The first-order valence-corrected chi connectivity index (χ1v) is 11.9. The summed E-state index contributed by atoms with van der Waals surface area (Å²) in [6.45, 7) is 4.34. The summed E-state index contributed by atoms with van der Waals surface area (Å²) in [5, 5.41) is 0. The largest absolute Gasteiger partial charge is 0.419 e. The lowest BCUT2D eigenvalue weighted by molar-refractivity contribution is -0.140. The maximum atomic E-state index is 15.1. The van der Waals surface area contributed by atoms with Gasteiger partial charge in [-0.1, -0.05) is 57.4 Å². The van der Waals surface area contributed by atoms with Gasteiger partial charge in [-0.25, -0.2) is 4.39 Å². The van der Waals surface area contributed by atoms with E-state index >= 15 is 4.39 Å². The van der Waals surface area contributed by atoms with Crippen molar-refractivity contribution in [2.75, 3.05) is 0 Å². The molecule has 30 heavy (non-hydrogen) atoms. The number of allylic oxidation sites excluding steroid dienone is 1. The fraction of sp³-hybridized carbons (Fsp3) is 0.692.